The topological polar surface area (TPSA) is 228 Å². The second-order valence-electron chi connectivity index (χ2n) is 17.4. The molecule has 2 aliphatic heterocycles. The molecule has 4 aromatic rings. The fraction of sp³-hybridized carbons (Fsp3) is 0.417. The third-order valence-corrected chi connectivity index (χ3v) is 9.62. The van der Waals surface area contributed by atoms with Crippen LogP contribution >= 0.6 is 0 Å². The molecule has 0 unspecified atom stereocenters. The fourth-order valence-electron chi connectivity index (χ4n) is 6.40. The lowest BCUT2D eigenvalue weighted by molar-refractivity contribution is -0.138. The van der Waals surface area contributed by atoms with Crippen molar-refractivity contribution in [3.63, 3.8) is 0 Å². The van der Waals surface area contributed by atoms with E-state index in [-0.39, 0.29) is 42.3 Å². The van der Waals surface area contributed by atoms with Crippen molar-refractivity contribution in [2.75, 3.05) is 75.4 Å². The molecule has 0 spiro atoms. The van der Waals surface area contributed by atoms with Crippen LogP contribution in [0, 0.1) is 11.6 Å². The smallest absolute Gasteiger partial charge is 0.537 e. The molecule has 0 atom stereocenters. The number of nitrogens with zero attached hydrogens (tertiary/aromatic N) is 7. The van der Waals surface area contributed by atoms with E-state index in [4.69, 9.17) is 24.0 Å². The quantitative estimate of drug-likeness (QED) is 0.0858. The van der Waals surface area contributed by atoms with Gasteiger partial charge in [-0.2, -0.15) is 0 Å². The number of H-pyrrole nitrogens is 1. The van der Waals surface area contributed by atoms with Gasteiger partial charge in [-0.3, -0.25) is 14.2 Å². The van der Waals surface area contributed by atoms with E-state index < -0.39 is 40.6 Å². The lowest BCUT2D eigenvalue weighted by atomic mass is 10.2. The number of rotatable bonds is 11. The predicted molar refractivity (Wildman–Crippen MR) is 261 cm³/mol. The highest BCUT2D eigenvalue weighted by atomic mass is 19.1. The standard InChI is InChI=1S/C24H29FN4O5.C18H26N4O5.C6H5BFO2/c1-5-33-20(30)11-8-18-16-29(19-9-6-17(25)7-10-19)22(31)21(26-18)27-12-14-28(15-13-27)23(32)34-24(2,3)4;1-5-26-14(23)7-6-13-12-19-16(24)15(20-13)21-8-10-22(11-9-21)17(25)27-18(2,3)4;8-5-1-3-6(4-2-5)10-7-9/h6-11,16H,5,12-15H2,1-4H3;6-7,12H,5,8-11H2,1-4H3,(H,19,24);1-4,9H/b11-8+;7-6+;. The number of esters is 2. The second-order valence-corrected chi connectivity index (χ2v) is 17.4. The van der Waals surface area contributed by atoms with Crippen LogP contribution in [0.5, 0.6) is 5.75 Å². The molecule has 2 fully saturated rings. The van der Waals surface area contributed by atoms with Gasteiger partial charge in [0.15, 0.2) is 11.6 Å². The number of anilines is 2. The normalized spacial score (nSPS) is 13.9. The minimum absolute atomic E-state index is 0.166. The molecule has 2 aliphatic rings. The van der Waals surface area contributed by atoms with Crippen LogP contribution in [0.2, 0.25) is 0 Å². The van der Waals surface area contributed by atoms with Gasteiger partial charge >= 0.3 is 31.8 Å². The molecule has 4 heterocycles. The lowest BCUT2D eigenvalue weighted by Gasteiger charge is -2.36. The monoisotopic (exact) mass is 989 g/mol. The molecular weight excluding hydrogens is 929 g/mol. The maximum atomic E-state index is 13.4. The summed E-state index contributed by atoms with van der Waals surface area (Å²) in [6.07, 6.45) is 7.56. The SMILES string of the molecule is CCOC(=O)/C=C/c1c[nH]c(=O)c(N2CCN(C(=O)OC(C)(C)C)CC2)n1.CCOC(=O)/C=C/c1cn(-c2ccc(F)cc2)c(=O)c(N2CCN(C(=O)OC(C)(C)C)CC2)n1.O[B]Oc1ccc(F)cc1. The zero-order chi connectivity index (χ0) is 52.3. The molecular formula is C48H60BF2N8O12. The number of benzene rings is 2. The molecule has 2 N–H and O–H groups in total. The molecule has 2 saturated heterocycles. The molecule has 6 rings (SSSR count). The third kappa shape index (κ3) is 18.7. The summed E-state index contributed by atoms with van der Waals surface area (Å²) in [5.74, 6) is -0.931. The Morgan fingerprint density at radius 3 is 1.56 bits per heavy atom. The molecule has 381 valence electrons. The molecule has 71 heavy (non-hydrogen) atoms. The number of aromatic nitrogens is 4. The van der Waals surface area contributed by atoms with E-state index >= 15 is 0 Å². The van der Waals surface area contributed by atoms with Crippen molar-refractivity contribution in [1.82, 2.24) is 29.3 Å². The number of halogens is 2. The summed E-state index contributed by atoms with van der Waals surface area (Å²) in [6, 6.07) is 10.8. The third-order valence-electron chi connectivity index (χ3n) is 9.62. The molecule has 2 aromatic heterocycles. The molecule has 2 amide bonds. The number of aromatic amines is 1. The zero-order valence-corrected chi connectivity index (χ0v) is 41.1. The van der Waals surface area contributed by atoms with E-state index in [1.807, 2.05) is 20.8 Å². The summed E-state index contributed by atoms with van der Waals surface area (Å²) in [6.45, 7) is 18.0. The molecule has 2 aromatic carbocycles. The van der Waals surface area contributed by atoms with Gasteiger partial charge in [-0.25, -0.2) is 37.9 Å². The van der Waals surface area contributed by atoms with E-state index in [1.54, 1.807) is 54.2 Å². The molecule has 0 bridgehead atoms. The van der Waals surface area contributed by atoms with Crippen LogP contribution in [0.1, 0.15) is 66.8 Å². The number of piperazine rings is 2. The van der Waals surface area contributed by atoms with Crippen molar-refractivity contribution in [2.24, 2.45) is 0 Å². The number of hydrogen-bond donors (Lipinski definition) is 2. The maximum Gasteiger partial charge on any atom is 0.569 e. The number of carbonyl (C=O) groups excluding carboxylic acids is 4. The van der Waals surface area contributed by atoms with Crippen LogP contribution in [0.15, 0.2) is 82.7 Å². The average Bonchev–Trinajstić information content (AvgIpc) is 3.32. The van der Waals surface area contributed by atoms with E-state index in [2.05, 4.69) is 19.6 Å². The van der Waals surface area contributed by atoms with Crippen LogP contribution in [0.25, 0.3) is 17.8 Å². The molecule has 0 saturated carbocycles. The molecule has 20 nitrogen and oxygen atoms in total. The van der Waals surface area contributed by atoms with Crippen molar-refractivity contribution >= 4 is 55.6 Å². The lowest BCUT2D eigenvalue weighted by Crippen LogP contribution is -2.51. The first-order valence-corrected chi connectivity index (χ1v) is 22.6. The minimum Gasteiger partial charge on any atom is -0.537 e. The van der Waals surface area contributed by atoms with Crippen LogP contribution in [0.4, 0.5) is 30.0 Å². The fourth-order valence-corrected chi connectivity index (χ4v) is 6.40. The summed E-state index contributed by atoms with van der Waals surface area (Å²) in [5, 5.41) is 8.15. The number of hydrogen-bond acceptors (Lipinski definition) is 16. The highest BCUT2D eigenvalue weighted by Gasteiger charge is 2.29. The van der Waals surface area contributed by atoms with Crippen LogP contribution in [-0.4, -0.2) is 143 Å². The summed E-state index contributed by atoms with van der Waals surface area (Å²) in [5.41, 5.74) is -0.633. The van der Waals surface area contributed by atoms with Gasteiger partial charge in [0, 0.05) is 82.6 Å². The predicted octanol–water partition coefficient (Wildman–Crippen LogP) is 5.14. The molecule has 1 radical (unpaired) electrons. The Bertz CT molecular complexity index is 2580. The highest BCUT2D eigenvalue weighted by molar-refractivity contribution is 6.17. The van der Waals surface area contributed by atoms with E-state index in [0.717, 1.165) is 0 Å². The van der Waals surface area contributed by atoms with Crippen molar-refractivity contribution in [3.8, 4) is 11.4 Å². The minimum atomic E-state index is -0.599. The Morgan fingerprint density at radius 2 is 1.11 bits per heavy atom. The Kier molecular flexibility index (Phi) is 20.9. The first-order chi connectivity index (χ1) is 33.6. The zero-order valence-electron chi connectivity index (χ0n) is 41.1. The van der Waals surface area contributed by atoms with Crippen molar-refractivity contribution in [1.29, 1.82) is 0 Å². The molecule has 0 aliphatic carbocycles. The van der Waals surface area contributed by atoms with Gasteiger partial charge < -0.3 is 53.2 Å². The van der Waals surface area contributed by atoms with Crippen molar-refractivity contribution < 1.29 is 56.6 Å². The summed E-state index contributed by atoms with van der Waals surface area (Å²) >= 11 is 0. The average molecular weight is 990 g/mol. The number of amides is 2. The van der Waals surface area contributed by atoms with Gasteiger partial charge in [0.05, 0.1) is 24.6 Å². The van der Waals surface area contributed by atoms with Gasteiger partial charge in [-0.15, -0.1) is 0 Å². The molecule has 23 heteroatoms. The van der Waals surface area contributed by atoms with Gasteiger partial charge in [0.2, 0.25) is 0 Å². The van der Waals surface area contributed by atoms with Crippen molar-refractivity contribution in [2.45, 2.75) is 66.6 Å². The Hall–Kier alpha value is -7.56. The summed E-state index contributed by atoms with van der Waals surface area (Å²) < 4.78 is 52.0. The van der Waals surface area contributed by atoms with Crippen LogP contribution in [0.3, 0.4) is 0 Å². The van der Waals surface area contributed by atoms with E-state index in [1.165, 1.54) is 89.8 Å². The first kappa shape index (κ1) is 56.0. The highest BCUT2D eigenvalue weighted by Crippen LogP contribution is 2.18. The van der Waals surface area contributed by atoms with Crippen molar-refractivity contribution in [3.05, 3.63) is 117 Å². The Balaban J connectivity index is 0.000000262. The summed E-state index contributed by atoms with van der Waals surface area (Å²) in [7, 11) is 0.549. The second kappa shape index (κ2) is 26.4. The Morgan fingerprint density at radius 1 is 0.676 bits per heavy atom. The van der Waals surface area contributed by atoms with E-state index in [9.17, 15) is 37.5 Å². The van der Waals surface area contributed by atoms with Gasteiger partial charge in [0.1, 0.15) is 28.6 Å². The summed E-state index contributed by atoms with van der Waals surface area (Å²) in [4.78, 5) is 91.2. The van der Waals surface area contributed by atoms with E-state index in [0.29, 0.717) is 82.9 Å². The van der Waals surface area contributed by atoms with Gasteiger partial charge in [0.25, 0.3) is 11.1 Å². The number of nitrogens with one attached hydrogen (secondary N) is 1. The Labute approximate surface area is 410 Å². The largest absolute Gasteiger partial charge is 0.569 e. The van der Waals surface area contributed by atoms with Crippen LogP contribution < -0.4 is 25.6 Å². The number of ether oxygens (including phenoxy) is 4. The van der Waals surface area contributed by atoms with Gasteiger partial charge in [-0.1, -0.05) is 0 Å². The number of carbonyl (C=O) groups is 4. The first-order valence-electron chi connectivity index (χ1n) is 22.6. The van der Waals surface area contributed by atoms with Crippen LogP contribution in [-0.2, 0) is 28.5 Å². The maximum absolute atomic E-state index is 13.4. The van der Waals surface area contributed by atoms with Gasteiger partial charge in [-0.05, 0) is 116 Å².